The topological polar surface area (TPSA) is 97.4 Å². The normalized spacial score (nSPS) is 10.7. The fraction of sp³-hybridized carbons (Fsp3) is 0.367. The van der Waals surface area contributed by atoms with E-state index in [0.717, 1.165) is 25.7 Å². The number of rotatable bonds is 17. The zero-order valence-corrected chi connectivity index (χ0v) is 23.2. The molecule has 8 nitrogen and oxygen atoms in total. The van der Waals surface area contributed by atoms with Crippen LogP contribution in [-0.4, -0.2) is 50.9 Å². The lowest BCUT2D eigenvalue weighted by Crippen LogP contribution is -2.09. The third kappa shape index (κ3) is 12.7. The summed E-state index contributed by atoms with van der Waals surface area (Å²) in [5.41, 5.74) is 1.40. The highest BCUT2D eigenvalue weighted by atomic mass is 35.5. The van der Waals surface area contributed by atoms with E-state index in [-0.39, 0.29) is 23.3 Å². The largest absolute Gasteiger partial charge is 0.494 e. The molecule has 0 saturated heterocycles. The highest BCUT2D eigenvalue weighted by Gasteiger charge is 2.12. The van der Waals surface area contributed by atoms with Crippen molar-refractivity contribution in [1.29, 1.82) is 0 Å². The highest BCUT2D eigenvalue weighted by Crippen LogP contribution is 2.27. The molecule has 0 radical (unpaired) electrons. The van der Waals surface area contributed by atoms with Crippen LogP contribution < -0.4 is 9.47 Å². The van der Waals surface area contributed by atoms with Gasteiger partial charge in [-0.05, 0) is 87.6 Å². The minimum atomic E-state index is -0.558. The predicted octanol–water partition coefficient (Wildman–Crippen LogP) is 6.21. The maximum atomic E-state index is 12.5. The molecule has 0 aliphatic heterocycles. The Hall–Kier alpha value is -3.62. The van der Waals surface area contributed by atoms with Crippen molar-refractivity contribution >= 4 is 35.6 Å². The Labute approximate surface area is 234 Å². The van der Waals surface area contributed by atoms with Gasteiger partial charge in [0.2, 0.25) is 0 Å². The number of ether oxygens (including phenoxy) is 5. The molecular weight excluding hydrogens is 524 g/mol. The van der Waals surface area contributed by atoms with Crippen molar-refractivity contribution in [2.24, 2.45) is 0 Å². The summed E-state index contributed by atoms with van der Waals surface area (Å²) in [4.78, 5) is 35.6. The number of hydrogen-bond acceptors (Lipinski definition) is 8. The van der Waals surface area contributed by atoms with Gasteiger partial charge in [-0.2, -0.15) is 0 Å². The van der Waals surface area contributed by atoms with E-state index < -0.39 is 11.9 Å². The second-order valence-corrected chi connectivity index (χ2v) is 8.89. The minimum Gasteiger partial charge on any atom is -0.494 e. The van der Waals surface area contributed by atoms with Crippen LogP contribution >= 0.6 is 11.6 Å². The molecule has 210 valence electrons. The van der Waals surface area contributed by atoms with Crippen LogP contribution in [0.3, 0.4) is 0 Å². The summed E-state index contributed by atoms with van der Waals surface area (Å²) in [5, 5.41) is 0.226. The smallest absolute Gasteiger partial charge is 0.343 e. The van der Waals surface area contributed by atoms with Crippen LogP contribution in [0.5, 0.6) is 11.5 Å². The van der Waals surface area contributed by atoms with E-state index >= 15 is 0 Å². The molecule has 0 heterocycles. The number of unbranched alkanes of at least 4 members (excludes halogenated alkanes) is 3. The first-order chi connectivity index (χ1) is 18.8. The third-order valence-electron chi connectivity index (χ3n) is 5.23. The number of esters is 3. The van der Waals surface area contributed by atoms with Crippen molar-refractivity contribution in [2.75, 3.05) is 33.0 Å². The van der Waals surface area contributed by atoms with Crippen LogP contribution in [0, 0.1) is 0 Å². The lowest BCUT2D eigenvalue weighted by Gasteiger charge is -2.09. The zero-order chi connectivity index (χ0) is 28.5. The van der Waals surface area contributed by atoms with Gasteiger partial charge in [-0.15, -0.1) is 0 Å². The number of halogens is 1. The molecular formula is C30H35ClO8. The van der Waals surface area contributed by atoms with Crippen LogP contribution in [-0.2, 0) is 23.8 Å². The van der Waals surface area contributed by atoms with Gasteiger partial charge >= 0.3 is 17.9 Å². The lowest BCUT2D eigenvalue weighted by atomic mass is 10.2. The minimum absolute atomic E-state index is 0.178. The van der Waals surface area contributed by atoms with Gasteiger partial charge in [0.25, 0.3) is 0 Å². The molecule has 0 fully saturated rings. The first-order valence-corrected chi connectivity index (χ1v) is 13.2. The van der Waals surface area contributed by atoms with Crippen molar-refractivity contribution in [3.8, 4) is 11.5 Å². The van der Waals surface area contributed by atoms with Crippen LogP contribution in [0.15, 0.2) is 60.7 Å². The van der Waals surface area contributed by atoms with Gasteiger partial charge < -0.3 is 23.7 Å². The number of hydrogen-bond donors (Lipinski definition) is 0. The maximum Gasteiger partial charge on any atom is 0.343 e. The quantitative estimate of drug-likeness (QED) is 0.0978. The van der Waals surface area contributed by atoms with E-state index in [1.54, 1.807) is 55.5 Å². The molecule has 0 spiro atoms. The molecule has 0 aromatic heterocycles. The molecule has 0 N–H and O–H groups in total. The fourth-order valence-corrected chi connectivity index (χ4v) is 3.37. The third-order valence-corrected chi connectivity index (χ3v) is 5.52. The predicted molar refractivity (Wildman–Crippen MR) is 149 cm³/mol. The first kappa shape index (κ1) is 31.6. The zero-order valence-electron chi connectivity index (χ0n) is 22.4. The van der Waals surface area contributed by atoms with E-state index in [1.165, 1.54) is 6.08 Å². The summed E-state index contributed by atoms with van der Waals surface area (Å²) in [6.45, 7) is 9.04. The number of carbonyl (C=O) groups is 3. The van der Waals surface area contributed by atoms with Crippen molar-refractivity contribution < 1.29 is 38.1 Å². The summed E-state index contributed by atoms with van der Waals surface area (Å²) in [5.74, 6) is -0.561. The molecule has 0 bridgehead atoms. The van der Waals surface area contributed by atoms with Crippen LogP contribution in [0.4, 0.5) is 0 Å². The van der Waals surface area contributed by atoms with Crippen molar-refractivity contribution in [2.45, 2.75) is 39.5 Å². The molecule has 39 heavy (non-hydrogen) atoms. The van der Waals surface area contributed by atoms with E-state index in [4.69, 9.17) is 35.3 Å². The molecule has 0 saturated carbocycles. The highest BCUT2D eigenvalue weighted by molar-refractivity contribution is 6.32. The van der Waals surface area contributed by atoms with E-state index in [2.05, 4.69) is 6.58 Å². The summed E-state index contributed by atoms with van der Waals surface area (Å²) in [7, 11) is 0. The Morgan fingerprint density at radius 3 is 2.28 bits per heavy atom. The second kappa shape index (κ2) is 17.8. The second-order valence-electron chi connectivity index (χ2n) is 8.48. The number of carbonyl (C=O) groups excluding carboxylic acids is 3. The Bertz CT molecular complexity index is 1120. The Morgan fingerprint density at radius 1 is 0.897 bits per heavy atom. The monoisotopic (exact) mass is 558 g/mol. The average Bonchev–Trinajstić information content (AvgIpc) is 2.92. The van der Waals surface area contributed by atoms with E-state index in [0.29, 0.717) is 48.9 Å². The molecule has 0 atom stereocenters. The summed E-state index contributed by atoms with van der Waals surface area (Å²) in [6.07, 6.45) is 6.38. The van der Waals surface area contributed by atoms with E-state index in [1.807, 2.05) is 6.92 Å². The Kier molecular flexibility index (Phi) is 14.4. The van der Waals surface area contributed by atoms with Crippen molar-refractivity contribution in [3.05, 3.63) is 76.8 Å². The molecule has 0 unspecified atom stereocenters. The van der Waals surface area contributed by atoms with Gasteiger partial charge in [-0.25, -0.2) is 14.4 Å². The van der Waals surface area contributed by atoms with E-state index in [9.17, 15) is 14.4 Å². The van der Waals surface area contributed by atoms with Crippen LogP contribution in [0.25, 0.3) is 6.08 Å². The molecule has 9 heteroatoms. The Balaban J connectivity index is 1.72. The molecule has 0 amide bonds. The average molecular weight is 559 g/mol. The summed E-state index contributed by atoms with van der Waals surface area (Å²) < 4.78 is 26.3. The van der Waals surface area contributed by atoms with Crippen LogP contribution in [0.1, 0.15) is 55.5 Å². The van der Waals surface area contributed by atoms with Gasteiger partial charge in [-0.3, -0.25) is 0 Å². The van der Waals surface area contributed by atoms with Crippen molar-refractivity contribution in [1.82, 2.24) is 0 Å². The molecule has 2 aromatic carbocycles. The molecule has 0 aliphatic carbocycles. The van der Waals surface area contributed by atoms with Gasteiger partial charge in [-0.1, -0.05) is 24.2 Å². The van der Waals surface area contributed by atoms with Gasteiger partial charge in [0.15, 0.2) is 0 Å². The van der Waals surface area contributed by atoms with Gasteiger partial charge in [0.1, 0.15) is 18.1 Å². The lowest BCUT2D eigenvalue weighted by molar-refractivity contribution is -0.140. The number of benzene rings is 2. The fourth-order valence-electron chi connectivity index (χ4n) is 3.14. The summed E-state index contributed by atoms with van der Waals surface area (Å²) in [6, 6.07) is 11.5. The van der Waals surface area contributed by atoms with Gasteiger partial charge in [0, 0.05) is 18.3 Å². The van der Waals surface area contributed by atoms with Crippen LogP contribution in [0.2, 0.25) is 5.02 Å². The molecule has 2 aromatic rings. The molecule has 0 aliphatic rings. The Morgan fingerprint density at radius 2 is 1.62 bits per heavy atom. The first-order valence-electron chi connectivity index (χ1n) is 12.8. The standard InChI is InChI=1S/C30H35ClO8/c1-4-35-19-20-37-28(32)16-10-23-9-15-27(26(31)21-23)39-30(34)24-11-13-25(14-12-24)36-17-7-5-6-8-18-38-29(33)22(2)3/h9-16,21H,2,4-8,17-20H2,1,3H3/b16-10+. The SMILES string of the molecule is C=C(C)C(=O)OCCCCCCOc1ccc(C(=O)Oc2ccc(/C=C/C(=O)OCCOCC)cc2Cl)cc1. The van der Waals surface area contributed by atoms with Crippen molar-refractivity contribution in [3.63, 3.8) is 0 Å². The summed E-state index contributed by atoms with van der Waals surface area (Å²) >= 11 is 6.27. The maximum absolute atomic E-state index is 12.5. The van der Waals surface area contributed by atoms with Gasteiger partial charge in [0.05, 0.1) is 30.4 Å². The molecule has 2 rings (SSSR count).